The van der Waals surface area contributed by atoms with E-state index in [2.05, 4.69) is 17.3 Å². The summed E-state index contributed by atoms with van der Waals surface area (Å²) in [5.74, 6) is 0. The van der Waals surface area contributed by atoms with Gasteiger partial charge in [-0.1, -0.05) is 19.3 Å². The molecule has 21 heavy (non-hydrogen) atoms. The Morgan fingerprint density at radius 2 is 2.05 bits per heavy atom. The summed E-state index contributed by atoms with van der Waals surface area (Å²) in [5.41, 5.74) is 2.19. The van der Waals surface area contributed by atoms with Crippen LogP contribution < -0.4 is 5.32 Å². The lowest BCUT2D eigenvalue weighted by Crippen LogP contribution is -2.33. The maximum atomic E-state index is 11.0. The maximum absolute atomic E-state index is 11.0. The molecule has 0 saturated heterocycles. The highest BCUT2D eigenvalue weighted by molar-refractivity contribution is 5.56. The summed E-state index contributed by atoms with van der Waals surface area (Å²) in [4.78, 5) is 13.0. The third kappa shape index (κ3) is 4.17. The predicted octanol–water partition coefficient (Wildman–Crippen LogP) is 3.79. The standard InChI is InChI=1S/C16H25N3O2/c1-3-17-16-10-9-15(19(20)21)11-13(16)12-18(2)14-7-5-4-6-8-14/h9-11,14,17H,3-8,12H2,1-2H3. The molecular formula is C16H25N3O2. The molecule has 1 N–H and O–H groups in total. The number of hydrogen-bond donors (Lipinski definition) is 1. The van der Waals surface area contributed by atoms with Crippen LogP contribution in [-0.4, -0.2) is 29.5 Å². The van der Waals surface area contributed by atoms with Gasteiger partial charge in [-0.05, 0) is 38.4 Å². The Balaban J connectivity index is 2.15. The van der Waals surface area contributed by atoms with Crippen LogP contribution in [0.1, 0.15) is 44.6 Å². The van der Waals surface area contributed by atoms with Crippen LogP contribution in [0.3, 0.4) is 0 Å². The minimum atomic E-state index is -0.320. The highest BCUT2D eigenvalue weighted by Gasteiger charge is 2.20. The molecule has 0 aliphatic heterocycles. The van der Waals surface area contributed by atoms with Crippen molar-refractivity contribution < 1.29 is 4.92 Å². The zero-order chi connectivity index (χ0) is 15.2. The minimum absolute atomic E-state index is 0.170. The van der Waals surface area contributed by atoms with Gasteiger partial charge in [0.25, 0.3) is 5.69 Å². The summed E-state index contributed by atoms with van der Waals surface area (Å²) in [7, 11) is 2.13. The predicted molar refractivity (Wildman–Crippen MR) is 85.6 cm³/mol. The molecule has 1 aromatic carbocycles. The first-order chi connectivity index (χ1) is 10.1. The second-order valence-corrected chi connectivity index (χ2v) is 5.84. The Hall–Kier alpha value is -1.62. The summed E-state index contributed by atoms with van der Waals surface area (Å²) in [6.07, 6.45) is 6.40. The normalized spacial score (nSPS) is 16.1. The van der Waals surface area contributed by atoms with E-state index in [1.165, 1.54) is 32.1 Å². The Bertz CT molecular complexity index is 484. The van der Waals surface area contributed by atoms with Crippen molar-refractivity contribution in [2.45, 2.75) is 51.6 Å². The van der Waals surface area contributed by atoms with Gasteiger partial charge in [0.2, 0.25) is 0 Å². The summed E-state index contributed by atoms with van der Waals surface area (Å²) >= 11 is 0. The van der Waals surface area contributed by atoms with Crippen molar-refractivity contribution in [2.75, 3.05) is 18.9 Å². The lowest BCUT2D eigenvalue weighted by Gasteiger charge is -2.31. The fourth-order valence-corrected chi connectivity index (χ4v) is 3.11. The molecule has 116 valence electrons. The van der Waals surface area contributed by atoms with Gasteiger partial charge in [0, 0.05) is 37.0 Å². The number of rotatable bonds is 6. The SMILES string of the molecule is CCNc1ccc([N+](=O)[O-])cc1CN(C)C1CCCCC1. The molecule has 0 radical (unpaired) electrons. The molecule has 0 amide bonds. The third-order valence-electron chi connectivity index (χ3n) is 4.28. The fourth-order valence-electron chi connectivity index (χ4n) is 3.11. The van der Waals surface area contributed by atoms with Crippen LogP contribution in [0.4, 0.5) is 11.4 Å². The van der Waals surface area contributed by atoms with E-state index in [-0.39, 0.29) is 10.6 Å². The second-order valence-electron chi connectivity index (χ2n) is 5.84. The van der Waals surface area contributed by atoms with E-state index < -0.39 is 0 Å². The van der Waals surface area contributed by atoms with Crippen molar-refractivity contribution in [3.8, 4) is 0 Å². The van der Waals surface area contributed by atoms with Crippen LogP contribution in [0.2, 0.25) is 0 Å². The molecule has 5 heteroatoms. The van der Waals surface area contributed by atoms with Gasteiger partial charge in [0.1, 0.15) is 0 Å². The molecule has 1 saturated carbocycles. The number of nitro groups is 1. The number of non-ortho nitro benzene ring substituents is 1. The number of benzene rings is 1. The Labute approximate surface area is 126 Å². The van der Waals surface area contributed by atoms with Crippen molar-refractivity contribution in [2.24, 2.45) is 0 Å². The van der Waals surface area contributed by atoms with Gasteiger partial charge in [-0.2, -0.15) is 0 Å². The third-order valence-corrected chi connectivity index (χ3v) is 4.28. The molecule has 0 bridgehead atoms. The fraction of sp³-hybridized carbons (Fsp3) is 0.625. The first kappa shape index (κ1) is 15.8. The topological polar surface area (TPSA) is 58.4 Å². The van der Waals surface area contributed by atoms with Gasteiger partial charge in [-0.25, -0.2) is 0 Å². The van der Waals surface area contributed by atoms with Gasteiger partial charge < -0.3 is 5.32 Å². The summed E-state index contributed by atoms with van der Waals surface area (Å²) in [6, 6.07) is 5.71. The van der Waals surface area contributed by atoms with Crippen molar-refractivity contribution in [3.05, 3.63) is 33.9 Å². The van der Waals surface area contributed by atoms with Crippen LogP contribution >= 0.6 is 0 Å². The van der Waals surface area contributed by atoms with Crippen LogP contribution in [0.25, 0.3) is 0 Å². The first-order valence-electron chi connectivity index (χ1n) is 7.83. The zero-order valence-electron chi connectivity index (χ0n) is 13.0. The average Bonchev–Trinajstić information content (AvgIpc) is 2.50. The van der Waals surface area contributed by atoms with Gasteiger partial charge in [0.15, 0.2) is 0 Å². The smallest absolute Gasteiger partial charge is 0.269 e. The zero-order valence-corrected chi connectivity index (χ0v) is 13.0. The number of anilines is 1. The van der Waals surface area contributed by atoms with Crippen molar-refractivity contribution in [1.82, 2.24) is 4.90 Å². The monoisotopic (exact) mass is 291 g/mol. The number of nitro benzene ring substituents is 1. The van der Waals surface area contributed by atoms with Crippen molar-refractivity contribution in [3.63, 3.8) is 0 Å². The summed E-state index contributed by atoms with van der Waals surface area (Å²) < 4.78 is 0. The van der Waals surface area contributed by atoms with E-state index >= 15 is 0 Å². The van der Waals surface area contributed by atoms with Gasteiger partial charge in [0.05, 0.1) is 4.92 Å². The largest absolute Gasteiger partial charge is 0.385 e. The number of nitrogens with zero attached hydrogens (tertiary/aromatic N) is 2. The molecule has 1 fully saturated rings. The highest BCUT2D eigenvalue weighted by atomic mass is 16.6. The summed E-state index contributed by atoms with van der Waals surface area (Å²) in [5, 5.41) is 14.3. The molecule has 5 nitrogen and oxygen atoms in total. The van der Waals surface area contributed by atoms with E-state index in [0.29, 0.717) is 6.04 Å². The lowest BCUT2D eigenvalue weighted by atomic mass is 9.94. The van der Waals surface area contributed by atoms with E-state index in [4.69, 9.17) is 0 Å². The second kappa shape index (κ2) is 7.41. The molecule has 0 aromatic heterocycles. The van der Waals surface area contributed by atoms with Crippen LogP contribution in [0.15, 0.2) is 18.2 Å². The minimum Gasteiger partial charge on any atom is -0.385 e. The molecule has 0 spiro atoms. The molecule has 0 unspecified atom stereocenters. The van der Waals surface area contributed by atoms with Crippen LogP contribution in [0, 0.1) is 10.1 Å². The Morgan fingerprint density at radius 3 is 2.67 bits per heavy atom. The average molecular weight is 291 g/mol. The maximum Gasteiger partial charge on any atom is 0.269 e. The van der Waals surface area contributed by atoms with Gasteiger partial charge in [-0.3, -0.25) is 15.0 Å². The molecule has 2 rings (SSSR count). The first-order valence-corrected chi connectivity index (χ1v) is 7.83. The number of nitrogens with one attached hydrogen (secondary N) is 1. The Morgan fingerprint density at radius 1 is 1.33 bits per heavy atom. The van der Waals surface area contributed by atoms with Crippen molar-refractivity contribution in [1.29, 1.82) is 0 Å². The number of hydrogen-bond acceptors (Lipinski definition) is 4. The van der Waals surface area contributed by atoms with Crippen molar-refractivity contribution >= 4 is 11.4 Å². The van der Waals surface area contributed by atoms with Crippen LogP contribution in [0.5, 0.6) is 0 Å². The molecule has 1 aromatic rings. The van der Waals surface area contributed by atoms with E-state index in [1.54, 1.807) is 12.1 Å². The Kier molecular flexibility index (Phi) is 5.56. The van der Waals surface area contributed by atoms with E-state index in [0.717, 1.165) is 24.3 Å². The quantitative estimate of drug-likeness (QED) is 0.640. The van der Waals surface area contributed by atoms with E-state index in [1.807, 2.05) is 13.0 Å². The molecule has 0 atom stereocenters. The highest BCUT2D eigenvalue weighted by Crippen LogP contribution is 2.27. The molecular weight excluding hydrogens is 266 g/mol. The van der Waals surface area contributed by atoms with Crippen LogP contribution in [-0.2, 0) is 6.54 Å². The van der Waals surface area contributed by atoms with Gasteiger partial charge in [-0.15, -0.1) is 0 Å². The summed E-state index contributed by atoms with van der Waals surface area (Å²) in [6.45, 7) is 3.61. The lowest BCUT2D eigenvalue weighted by molar-refractivity contribution is -0.384. The molecule has 1 aliphatic carbocycles. The molecule has 1 aliphatic rings. The molecule has 0 heterocycles. The van der Waals surface area contributed by atoms with Gasteiger partial charge >= 0.3 is 0 Å². The van der Waals surface area contributed by atoms with E-state index in [9.17, 15) is 10.1 Å².